The summed E-state index contributed by atoms with van der Waals surface area (Å²) in [5.74, 6) is 1.54. The fourth-order valence-corrected chi connectivity index (χ4v) is 4.19. The first kappa shape index (κ1) is 21.6. The predicted octanol–water partition coefficient (Wildman–Crippen LogP) is 4.86. The first-order valence-corrected chi connectivity index (χ1v) is 10.7. The Morgan fingerprint density at radius 1 is 1.17 bits per heavy atom. The lowest BCUT2D eigenvalue weighted by atomic mass is 9.86. The van der Waals surface area contributed by atoms with Crippen molar-refractivity contribution in [1.29, 1.82) is 0 Å². The number of halogens is 1. The zero-order chi connectivity index (χ0) is 21.2. The molecule has 1 amide bonds. The summed E-state index contributed by atoms with van der Waals surface area (Å²) in [7, 11) is 3.20. The van der Waals surface area contributed by atoms with Crippen LogP contribution in [0.3, 0.4) is 0 Å². The molecular weight excluding hydrogens is 479 g/mol. The van der Waals surface area contributed by atoms with Crippen molar-refractivity contribution < 1.29 is 14.3 Å². The Morgan fingerprint density at radius 3 is 2.45 bits per heavy atom. The lowest BCUT2D eigenvalue weighted by Crippen LogP contribution is -2.20. The fraction of sp³-hybridized carbons (Fsp3) is 0.391. The molecule has 6 heteroatoms. The van der Waals surface area contributed by atoms with E-state index in [0.717, 1.165) is 15.6 Å². The van der Waals surface area contributed by atoms with Crippen molar-refractivity contribution in [3.63, 3.8) is 0 Å². The van der Waals surface area contributed by atoms with Crippen molar-refractivity contribution in [3.8, 4) is 11.5 Å². The third-order valence-corrected chi connectivity index (χ3v) is 5.98. The van der Waals surface area contributed by atoms with E-state index >= 15 is 0 Å². The van der Waals surface area contributed by atoms with Crippen LogP contribution in [0.5, 0.6) is 11.5 Å². The number of benzene rings is 2. The fourth-order valence-electron chi connectivity index (χ4n) is 3.35. The Hall–Kier alpha value is -2.09. The average molecular weight is 506 g/mol. The maximum absolute atomic E-state index is 12.4. The van der Waals surface area contributed by atoms with Crippen LogP contribution < -0.4 is 14.9 Å². The molecule has 3 rings (SSSR count). The van der Waals surface area contributed by atoms with Crippen LogP contribution >= 0.6 is 22.6 Å². The number of rotatable bonds is 6. The molecule has 2 atom stereocenters. The molecule has 1 N–H and O–H groups in total. The molecule has 29 heavy (non-hydrogen) atoms. The second kappa shape index (κ2) is 8.73. The third-order valence-electron chi connectivity index (χ3n) is 5.18. The molecule has 1 aliphatic rings. The van der Waals surface area contributed by atoms with E-state index in [-0.39, 0.29) is 23.2 Å². The van der Waals surface area contributed by atoms with E-state index in [1.54, 1.807) is 20.4 Å². The zero-order valence-corrected chi connectivity index (χ0v) is 19.6. The summed E-state index contributed by atoms with van der Waals surface area (Å²) in [6.07, 6.45) is 2.49. The van der Waals surface area contributed by atoms with E-state index < -0.39 is 0 Å². The SMILES string of the molecule is COc1cc(/C=N/NC(=O)[C@H]2C[C@H]2c2ccc(C(C)(C)C)cc2)cc(I)c1OC. The van der Waals surface area contributed by atoms with Gasteiger partial charge in [-0.05, 0) is 69.2 Å². The van der Waals surface area contributed by atoms with Gasteiger partial charge in [-0.25, -0.2) is 5.43 Å². The molecule has 154 valence electrons. The number of hydrazone groups is 1. The Bertz CT molecular complexity index is 917. The van der Waals surface area contributed by atoms with E-state index in [1.807, 2.05) is 12.1 Å². The van der Waals surface area contributed by atoms with E-state index in [9.17, 15) is 4.79 Å². The third kappa shape index (κ3) is 5.10. The number of hydrogen-bond acceptors (Lipinski definition) is 4. The number of methoxy groups -OCH3 is 2. The molecular formula is C23H27IN2O3. The van der Waals surface area contributed by atoms with E-state index in [4.69, 9.17) is 9.47 Å². The number of nitrogens with zero attached hydrogens (tertiary/aromatic N) is 1. The van der Waals surface area contributed by atoms with Gasteiger partial charge in [-0.15, -0.1) is 0 Å². The van der Waals surface area contributed by atoms with Gasteiger partial charge in [0.05, 0.1) is 24.0 Å². The number of hydrogen-bond donors (Lipinski definition) is 1. The minimum atomic E-state index is -0.0404. The first-order valence-electron chi connectivity index (χ1n) is 9.59. The van der Waals surface area contributed by atoms with Gasteiger partial charge in [0.15, 0.2) is 11.5 Å². The van der Waals surface area contributed by atoms with Gasteiger partial charge in [-0.2, -0.15) is 5.10 Å². The van der Waals surface area contributed by atoms with Gasteiger partial charge >= 0.3 is 0 Å². The molecule has 2 aromatic rings. The quantitative estimate of drug-likeness (QED) is 0.346. The van der Waals surface area contributed by atoms with Crippen LogP contribution in [0.4, 0.5) is 0 Å². The van der Waals surface area contributed by atoms with Gasteiger partial charge in [-0.3, -0.25) is 4.79 Å². The number of carbonyl (C=O) groups excluding carboxylic acids is 1. The van der Waals surface area contributed by atoms with E-state index in [1.165, 1.54) is 11.1 Å². The summed E-state index contributed by atoms with van der Waals surface area (Å²) >= 11 is 2.18. The second-order valence-corrected chi connectivity index (χ2v) is 9.46. The zero-order valence-electron chi connectivity index (χ0n) is 17.5. The van der Waals surface area contributed by atoms with Crippen LogP contribution in [-0.4, -0.2) is 26.3 Å². The minimum Gasteiger partial charge on any atom is -0.493 e. The number of carbonyl (C=O) groups is 1. The largest absolute Gasteiger partial charge is 0.493 e. The summed E-state index contributed by atoms with van der Waals surface area (Å²) in [4.78, 5) is 12.4. The van der Waals surface area contributed by atoms with Crippen molar-refractivity contribution in [2.75, 3.05) is 14.2 Å². The molecule has 2 aromatic carbocycles. The Labute approximate surface area is 186 Å². The molecule has 0 bridgehead atoms. The van der Waals surface area contributed by atoms with Gasteiger partial charge in [0.25, 0.3) is 0 Å². The lowest BCUT2D eigenvalue weighted by molar-refractivity contribution is -0.122. The van der Waals surface area contributed by atoms with Crippen LogP contribution in [0.1, 0.15) is 49.8 Å². The molecule has 1 fully saturated rings. The molecule has 5 nitrogen and oxygen atoms in total. The van der Waals surface area contributed by atoms with Crippen molar-refractivity contribution in [2.45, 2.75) is 38.5 Å². The number of ether oxygens (including phenoxy) is 2. The van der Waals surface area contributed by atoms with Crippen LogP contribution in [0.15, 0.2) is 41.5 Å². The number of nitrogens with one attached hydrogen (secondary N) is 1. The van der Waals surface area contributed by atoms with Crippen molar-refractivity contribution in [1.82, 2.24) is 5.43 Å². The predicted molar refractivity (Wildman–Crippen MR) is 124 cm³/mol. The summed E-state index contributed by atoms with van der Waals surface area (Å²) in [6, 6.07) is 12.4. The van der Waals surface area contributed by atoms with Crippen molar-refractivity contribution in [2.24, 2.45) is 11.0 Å². The molecule has 0 spiro atoms. The van der Waals surface area contributed by atoms with Gasteiger partial charge in [0, 0.05) is 5.92 Å². The Morgan fingerprint density at radius 2 is 1.86 bits per heavy atom. The highest BCUT2D eigenvalue weighted by Gasteiger charge is 2.44. The van der Waals surface area contributed by atoms with Crippen molar-refractivity contribution in [3.05, 3.63) is 56.7 Å². The number of amides is 1. The second-order valence-electron chi connectivity index (χ2n) is 8.29. The minimum absolute atomic E-state index is 0.0156. The highest BCUT2D eigenvalue weighted by Crippen LogP contribution is 2.47. The maximum atomic E-state index is 12.4. The summed E-state index contributed by atoms with van der Waals surface area (Å²) in [6.45, 7) is 6.60. The van der Waals surface area contributed by atoms with Crippen LogP contribution in [-0.2, 0) is 10.2 Å². The summed E-state index contributed by atoms with van der Waals surface area (Å²) in [5.41, 5.74) is 6.16. The smallest absolute Gasteiger partial charge is 0.243 e. The summed E-state index contributed by atoms with van der Waals surface area (Å²) in [5, 5.41) is 4.13. The van der Waals surface area contributed by atoms with Crippen LogP contribution in [0.25, 0.3) is 0 Å². The molecule has 0 aliphatic heterocycles. The van der Waals surface area contributed by atoms with Gasteiger partial charge in [0.2, 0.25) is 5.91 Å². The normalized spacial score (nSPS) is 18.6. The molecule has 0 unspecified atom stereocenters. The van der Waals surface area contributed by atoms with Crippen LogP contribution in [0.2, 0.25) is 0 Å². The standard InChI is InChI=1S/C23H27IN2O3/c1-23(2,3)16-8-6-15(7-9-16)17-12-18(17)22(27)26-25-13-14-10-19(24)21(29-5)20(11-14)28-4/h6-11,13,17-18H,12H2,1-5H3,(H,26,27)/b25-13+/t17-,18-/m0/s1. The van der Waals surface area contributed by atoms with Crippen molar-refractivity contribution >= 4 is 34.7 Å². The molecule has 0 aromatic heterocycles. The van der Waals surface area contributed by atoms with Crippen LogP contribution in [0, 0.1) is 9.49 Å². The average Bonchev–Trinajstić information content (AvgIpc) is 3.48. The van der Waals surface area contributed by atoms with Gasteiger partial charge < -0.3 is 9.47 Å². The Balaban J connectivity index is 1.59. The monoisotopic (exact) mass is 506 g/mol. The van der Waals surface area contributed by atoms with Gasteiger partial charge in [0.1, 0.15) is 0 Å². The van der Waals surface area contributed by atoms with E-state index in [0.29, 0.717) is 11.5 Å². The molecule has 0 heterocycles. The highest BCUT2D eigenvalue weighted by atomic mass is 127. The Kier molecular flexibility index (Phi) is 6.51. The summed E-state index contributed by atoms with van der Waals surface area (Å²) < 4.78 is 11.6. The highest BCUT2D eigenvalue weighted by molar-refractivity contribution is 14.1. The first-order chi connectivity index (χ1) is 13.7. The molecule has 1 saturated carbocycles. The molecule has 0 saturated heterocycles. The molecule has 0 radical (unpaired) electrons. The maximum Gasteiger partial charge on any atom is 0.243 e. The topological polar surface area (TPSA) is 59.9 Å². The lowest BCUT2D eigenvalue weighted by Gasteiger charge is -2.19. The van der Waals surface area contributed by atoms with Gasteiger partial charge in [-0.1, -0.05) is 45.0 Å². The molecule has 1 aliphatic carbocycles. The van der Waals surface area contributed by atoms with E-state index in [2.05, 4.69) is 78.2 Å².